The highest BCUT2D eigenvalue weighted by molar-refractivity contribution is 5.86. The Morgan fingerprint density at radius 2 is 1.29 bits per heavy atom. The van der Waals surface area contributed by atoms with Gasteiger partial charge in [-0.05, 0) is 58.7 Å². The molecule has 42 heavy (non-hydrogen) atoms. The maximum atomic E-state index is 14.0. The zero-order valence-electron chi connectivity index (χ0n) is 23.2. The lowest BCUT2D eigenvalue weighted by Gasteiger charge is -2.49. The minimum Gasteiger partial charge on any atom is -0.496 e. The molecule has 4 atom stereocenters. The Morgan fingerprint density at radius 3 is 1.90 bits per heavy atom. The van der Waals surface area contributed by atoms with Gasteiger partial charge in [0.25, 0.3) is 0 Å². The second-order valence-corrected chi connectivity index (χ2v) is 10.2. The molecule has 1 N–H and O–H groups in total. The van der Waals surface area contributed by atoms with Crippen LogP contribution in [0.25, 0.3) is 11.1 Å². The van der Waals surface area contributed by atoms with E-state index in [1.807, 2.05) is 54.6 Å². The molecular formula is C34H30O8. The number of para-hydroxylation sites is 2. The number of methoxy groups -OCH3 is 2. The van der Waals surface area contributed by atoms with Crippen LogP contribution < -0.4 is 23.7 Å². The van der Waals surface area contributed by atoms with E-state index >= 15 is 0 Å². The van der Waals surface area contributed by atoms with Crippen molar-refractivity contribution < 1.29 is 38.4 Å². The molecule has 1 heterocycles. The molecular weight excluding hydrogens is 536 g/mol. The van der Waals surface area contributed by atoms with Crippen molar-refractivity contribution in [2.24, 2.45) is 11.8 Å². The molecule has 6 rings (SSSR count). The first kappa shape index (κ1) is 27.2. The molecule has 8 heteroatoms. The minimum absolute atomic E-state index is 0.351. The summed E-state index contributed by atoms with van der Waals surface area (Å²) in [7, 11) is 3.06. The molecule has 8 nitrogen and oxygen atoms in total. The molecule has 1 aliphatic heterocycles. The molecule has 4 aromatic rings. The van der Waals surface area contributed by atoms with Crippen molar-refractivity contribution in [3.8, 4) is 39.9 Å². The number of fused-ring (bicyclic) bond motifs is 1. The van der Waals surface area contributed by atoms with Gasteiger partial charge in [0, 0.05) is 11.8 Å². The smallest absolute Gasteiger partial charge is 0.315 e. The lowest BCUT2D eigenvalue weighted by Crippen LogP contribution is -2.52. The van der Waals surface area contributed by atoms with Crippen LogP contribution in [0.5, 0.6) is 28.7 Å². The Kier molecular flexibility index (Phi) is 7.44. The van der Waals surface area contributed by atoms with Gasteiger partial charge in [0.2, 0.25) is 0 Å². The van der Waals surface area contributed by atoms with E-state index in [2.05, 4.69) is 0 Å². The molecule has 1 saturated carbocycles. The van der Waals surface area contributed by atoms with Crippen LogP contribution in [0.4, 0.5) is 0 Å². The SMILES string of the molecule is COc1ccccc1C1C(C(=O)O)[C@@H](c2ccccc2OC)[C@H]1C(=O)Oc1cccc(-c2ccc3c(c2)OCCO3)c1. The predicted molar refractivity (Wildman–Crippen MR) is 155 cm³/mol. The molecule has 0 amide bonds. The van der Waals surface area contributed by atoms with Crippen LogP contribution in [-0.4, -0.2) is 44.5 Å². The highest BCUT2D eigenvalue weighted by atomic mass is 16.6. The molecule has 214 valence electrons. The second-order valence-electron chi connectivity index (χ2n) is 10.2. The van der Waals surface area contributed by atoms with Crippen LogP contribution >= 0.6 is 0 Å². The highest BCUT2D eigenvalue weighted by Gasteiger charge is 2.60. The number of carbonyl (C=O) groups is 2. The number of rotatable bonds is 8. The number of ether oxygens (including phenoxy) is 5. The van der Waals surface area contributed by atoms with E-state index in [0.717, 1.165) is 11.1 Å². The third-order valence-corrected chi connectivity index (χ3v) is 8.03. The van der Waals surface area contributed by atoms with Crippen molar-refractivity contribution in [1.82, 2.24) is 0 Å². The fraction of sp³-hybridized carbons (Fsp3) is 0.235. The zero-order valence-corrected chi connectivity index (χ0v) is 23.2. The minimum atomic E-state index is -1.01. The third-order valence-electron chi connectivity index (χ3n) is 8.03. The molecule has 2 unspecified atom stereocenters. The van der Waals surface area contributed by atoms with E-state index in [-0.39, 0.29) is 0 Å². The number of carboxylic acids is 1. The zero-order chi connectivity index (χ0) is 29.2. The van der Waals surface area contributed by atoms with Gasteiger partial charge in [-0.1, -0.05) is 54.6 Å². The number of aliphatic carboxylic acids is 1. The number of hydrogen-bond donors (Lipinski definition) is 1. The maximum Gasteiger partial charge on any atom is 0.315 e. The number of esters is 1. The normalized spacial score (nSPS) is 20.6. The van der Waals surface area contributed by atoms with Gasteiger partial charge in [-0.2, -0.15) is 0 Å². The van der Waals surface area contributed by atoms with Crippen LogP contribution in [0.1, 0.15) is 23.0 Å². The molecule has 0 saturated heterocycles. The lowest BCUT2D eigenvalue weighted by molar-refractivity contribution is -0.158. The quantitative estimate of drug-likeness (QED) is 0.206. The third kappa shape index (κ3) is 4.89. The number of carboxylic acid groups (broad SMARTS) is 1. The summed E-state index contributed by atoms with van der Waals surface area (Å²) in [4.78, 5) is 26.8. The summed E-state index contributed by atoms with van der Waals surface area (Å²) in [5, 5.41) is 10.4. The van der Waals surface area contributed by atoms with E-state index in [1.54, 1.807) is 36.4 Å². The topological polar surface area (TPSA) is 101 Å². The van der Waals surface area contributed by atoms with Gasteiger partial charge in [0.05, 0.1) is 26.1 Å². The van der Waals surface area contributed by atoms with Crippen molar-refractivity contribution >= 4 is 11.9 Å². The molecule has 0 aromatic heterocycles. The van der Waals surface area contributed by atoms with Gasteiger partial charge in [0.15, 0.2) is 11.5 Å². The fourth-order valence-electron chi connectivity index (χ4n) is 6.15. The molecule has 4 aromatic carbocycles. The van der Waals surface area contributed by atoms with Crippen LogP contribution in [0.3, 0.4) is 0 Å². The summed E-state index contributed by atoms with van der Waals surface area (Å²) >= 11 is 0. The van der Waals surface area contributed by atoms with Gasteiger partial charge in [0.1, 0.15) is 30.5 Å². The Balaban J connectivity index is 1.36. The molecule has 0 spiro atoms. The summed E-state index contributed by atoms with van der Waals surface area (Å²) < 4.78 is 28.5. The number of carbonyl (C=O) groups excluding carboxylic acids is 1. The summed E-state index contributed by atoms with van der Waals surface area (Å²) in [6.07, 6.45) is 0. The molecule has 0 radical (unpaired) electrons. The van der Waals surface area contributed by atoms with E-state index in [9.17, 15) is 14.7 Å². The standard InChI is InChI=1S/C34H30O8/c1-38-25-12-5-3-10-23(25)29-31(33(35)36)30(24-11-4-6-13-26(24)39-2)32(29)34(37)42-22-9-7-8-20(18-22)21-14-15-27-28(19-21)41-17-16-40-27/h3-15,18-19,29-32H,16-17H2,1-2H3,(H,35,36)/t29-,30?,31?,32-/m1/s1. The summed E-state index contributed by atoms with van der Waals surface area (Å²) in [5.74, 6) is -1.87. The maximum absolute atomic E-state index is 14.0. The summed E-state index contributed by atoms with van der Waals surface area (Å²) in [5.41, 5.74) is 3.00. The Bertz CT molecular complexity index is 1570. The number of benzene rings is 4. The highest BCUT2D eigenvalue weighted by Crippen LogP contribution is 2.60. The van der Waals surface area contributed by atoms with Crippen LogP contribution in [0, 0.1) is 11.8 Å². The first-order chi connectivity index (χ1) is 20.5. The van der Waals surface area contributed by atoms with E-state index < -0.39 is 35.6 Å². The first-order valence-electron chi connectivity index (χ1n) is 13.7. The van der Waals surface area contributed by atoms with Crippen molar-refractivity contribution in [3.05, 3.63) is 102 Å². The fourth-order valence-corrected chi connectivity index (χ4v) is 6.15. The van der Waals surface area contributed by atoms with Crippen molar-refractivity contribution in [1.29, 1.82) is 0 Å². The van der Waals surface area contributed by atoms with Gasteiger partial charge in [-0.25, -0.2) is 0 Å². The average molecular weight is 567 g/mol. The Hall–Kier alpha value is -4.98. The van der Waals surface area contributed by atoms with Gasteiger partial charge in [-0.15, -0.1) is 0 Å². The summed E-state index contributed by atoms with van der Waals surface area (Å²) in [6, 6.07) is 27.3. The monoisotopic (exact) mass is 566 g/mol. The Morgan fingerprint density at radius 1 is 0.690 bits per heavy atom. The van der Waals surface area contributed by atoms with Gasteiger partial charge >= 0.3 is 11.9 Å². The van der Waals surface area contributed by atoms with E-state index in [4.69, 9.17) is 23.7 Å². The van der Waals surface area contributed by atoms with E-state index in [1.165, 1.54) is 14.2 Å². The largest absolute Gasteiger partial charge is 0.496 e. The predicted octanol–water partition coefficient (Wildman–Crippen LogP) is 5.95. The lowest BCUT2D eigenvalue weighted by atomic mass is 9.52. The van der Waals surface area contributed by atoms with Gasteiger partial charge < -0.3 is 28.8 Å². The Labute approximate surface area is 243 Å². The van der Waals surface area contributed by atoms with Gasteiger partial charge in [-0.3, -0.25) is 9.59 Å². The molecule has 1 fully saturated rings. The second kappa shape index (κ2) is 11.5. The van der Waals surface area contributed by atoms with Crippen LogP contribution in [0.2, 0.25) is 0 Å². The summed E-state index contributed by atoms with van der Waals surface area (Å²) in [6.45, 7) is 0.987. The first-order valence-corrected chi connectivity index (χ1v) is 13.7. The van der Waals surface area contributed by atoms with Crippen molar-refractivity contribution in [2.75, 3.05) is 27.4 Å². The number of hydrogen-bond acceptors (Lipinski definition) is 7. The molecule has 1 aliphatic carbocycles. The molecule has 0 bridgehead atoms. The van der Waals surface area contributed by atoms with Crippen molar-refractivity contribution in [2.45, 2.75) is 11.8 Å². The average Bonchev–Trinajstić information content (AvgIpc) is 3.00. The van der Waals surface area contributed by atoms with E-state index in [0.29, 0.717) is 53.1 Å². The van der Waals surface area contributed by atoms with Crippen LogP contribution in [-0.2, 0) is 9.59 Å². The van der Waals surface area contributed by atoms with Crippen LogP contribution in [0.15, 0.2) is 91.0 Å². The molecule has 2 aliphatic rings. The van der Waals surface area contributed by atoms with Crippen molar-refractivity contribution in [3.63, 3.8) is 0 Å².